The Morgan fingerprint density at radius 3 is 2.61 bits per heavy atom. The third kappa shape index (κ3) is 6.36. The molecule has 18 heavy (non-hydrogen) atoms. The van der Waals surface area contributed by atoms with Crippen molar-refractivity contribution in [2.45, 2.75) is 58.0 Å². The second kappa shape index (κ2) is 7.74. The van der Waals surface area contributed by atoms with E-state index >= 15 is 0 Å². The molecule has 0 spiro atoms. The molecular formula is C14H27NO3. The first-order valence-electron chi connectivity index (χ1n) is 7.09. The van der Waals surface area contributed by atoms with E-state index in [2.05, 4.69) is 19.2 Å². The summed E-state index contributed by atoms with van der Waals surface area (Å²) < 4.78 is 5.38. The van der Waals surface area contributed by atoms with Crippen LogP contribution in [0.2, 0.25) is 0 Å². The van der Waals surface area contributed by atoms with Crippen molar-refractivity contribution in [1.29, 1.82) is 0 Å². The van der Waals surface area contributed by atoms with Gasteiger partial charge in [0.15, 0.2) is 0 Å². The van der Waals surface area contributed by atoms with Gasteiger partial charge in [-0.05, 0) is 18.8 Å². The molecule has 0 radical (unpaired) electrons. The van der Waals surface area contributed by atoms with E-state index in [1.54, 1.807) is 0 Å². The van der Waals surface area contributed by atoms with Gasteiger partial charge in [-0.25, -0.2) is 0 Å². The Morgan fingerprint density at radius 2 is 2.00 bits per heavy atom. The summed E-state index contributed by atoms with van der Waals surface area (Å²) in [5, 5.41) is 13.0. The highest BCUT2D eigenvalue weighted by atomic mass is 16.5. The minimum atomic E-state index is -0.763. The van der Waals surface area contributed by atoms with Gasteiger partial charge in [-0.2, -0.15) is 0 Å². The number of amides is 1. The highest BCUT2D eigenvalue weighted by molar-refractivity contribution is 5.77. The molecule has 0 heterocycles. The maximum absolute atomic E-state index is 11.7. The second-order valence-electron chi connectivity index (χ2n) is 5.78. The number of rotatable bonds is 7. The van der Waals surface area contributed by atoms with Gasteiger partial charge in [-0.1, -0.05) is 33.1 Å². The fraction of sp³-hybridized carbons (Fsp3) is 0.929. The zero-order valence-corrected chi connectivity index (χ0v) is 11.7. The lowest BCUT2D eigenvalue weighted by atomic mass is 9.82. The lowest BCUT2D eigenvalue weighted by Gasteiger charge is -2.31. The zero-order valence-electron chi connectivity index (χ0n) is 11.7. The highest BCUT2D eigenvalue weighted by Gasteiger charge is 2.31. The first-order valence-corrected chi connectivity index (χ1v) is 7.09. The molecule has 106 valence electrons. The predicted octanol–water partition coefficient (Wildman–Crippen LogP) is 1.86. The van der Waals surface area contributed by atoms with E-state index in [1.165, 1.54) is 6.42 Å². The van der Waals surface area contributed by atoms with E-state index in [0.29, 0.717) is 19.1 Å². The van der Waals surface area contributed by atoms with Crippen LogP contribution in [-0.2, 0) is 9.53 Å². The molecule has 0 atom stereocenters. The quantitative estimate of drug-likeness (QED) is 0.684. The monoisotopic (exact) mass is 257 g/mol. The lowest BCUT2D eigenvalue weighted by molar-refractivity contribution is -0.127. The number of ether oxygens (including phenoxy) is 1. The minimum absolute atomic E-state index is 0.0625. The Hall–Kier alpha value is -0.610. The van der Waals surface area contributed by atoms with E-state index in [1.807, 2.05) is 0 Å². The maximum Gasteiger partial charge on any atom is 0.222 e. The van der Waals surface area contributed by atoms with Crippen molar-refractivity contribution in [1.82, 2.24) is 5.32 Å². The summed E-state index contributed by atoms with van der Waals surface area (Å²) in [6, 6.07) is 0. The first-order chi connectivity index (χ1) is 8.52. The van der Waals surface area contributed by atoms with Crippen LogP contribution in [0.1, 0.15) is 52.4 Å². The van der Waals surface area contributed by atoms with Gasteiger partial charge in [0.05, 0.1) is 18.6 Å². The Morgan fingerprint density at radius 1 is 1.33 bits per heavy atom. The molecule has 0 aromatic carbocycles. The van der Waals surface area contributed by atoms with E-state index in [-0.39, 0.29) is 12.3 Å². The van der Waals surface area contributed by atoms with Crippen molar-refractivity contribution in [3.05, 3.63) is 0 Å². The molecule has 4 nitrogen and oxygen atoms in total. The standard InChI is InChI=1S/C14H27NO3/c1-12(2)11-18-9-8-15-13(16)10-14(17)6-4-3-5-7-14/h12,17H,3-11H2,1-2H3,(H,15,16). The van der Waals surface area contributed by atoms with E-state index in [9.17, 15) is 9.90 Å². The van der Waals surface area contributed by atoms with Gasteiger partial charge in [-0.15, -0.1) is 0 Å². The molecule has 1 saturated carbocycles. The topological polar surface area (TPSA) is 58.6 Å². The maximum atomic E-state index is 11.7. The average molecular weight is 257 g/mol. The Balaban J connectivity index is 2.09. The van der Waals surface area contributed by atoms with E-state index in [0.717, 1.165) is 32.3 Å². The molecule has 2 N–H and O–H groups in total. The molecule has 1 amide bonds. The summed E-state index contributed by atoms with van der Waals surface area (Å²) in [6.45, 7) is 5.98. The fourth-order valence-electron chi connectivity index (χ4n) is 2.33. The molecule has 0 aliphatic heterocycles. The third-order valence-corrected chi connectivity index (χ3v) is 3.29. The zero-order chi connectivity index (χ0) is 13.4. The van der Waals surface area contributed by atoms with Crippen molar-refractivity contribution in [2.75, 3.05) is 19.8 Å². The molecule has 1 rings (SSSR count). The SMILES string of the molecule is CC(C)COCCNC(=O)CC1(O)CCCCC1. The smallest absolute Gasteiger partial charge is 0.222 e. The number of carbonyl (C=O) groups is 1. The highest BCUT2D eigenvalue weighted by Crippen LogP contribution is 2.30. The molecule has 4 heteroatoms. The number of aliphatic hydroxyl groups is 1. The van der Waals surface area contributed by atoms with Crippen LogP contribution in [0.5, 0.6) is 0 Å². The Labute approximate surface area is 110 Å². The summed E-state index contributed by atoms with van der Waals surface area (Å²) in [6.07, 6.45) is 4.97. The number of hydrogen-bond donors (Lipinski definition) is 2. The van der Waals surface area contributed by atoms with Crippen LogP contribution in [0.25, 0.3) is 0 Å². The third-order valence-electron chi connectivity index (χ3n) is 3.29. The largest absolute Gasteiger partial charge is 0.389 e. The van der Waals surface area contributed by atoms with E-state index in [4.69, 9.17) is 4.74 Å². The molecular weight excluding hydrogens is 230 g/mol. The van der Waals surface area contributed by atoms with Crippen LogP contribution >= 0.6 is 0 Å². The number of carbonyl (C=O) groups excluding carboxylic acids is 1. The molecule has 1 fully saturated rings. The molecule has 1 aliphatic carbocycles. The molecule has 0 aromatic rings. The van der Waals surface area contributed by atoms with Crippen LogP contribution < -0.4 is 5.32 Å². The second-order valence-corrected chi connectivity index (χ2v) is 5.78. The van der Waals surface area contributed by atoms with Gasteiger partial charge in [0.2, 0.25) is 5.91 Å². The summed E-state index contributed by atoms with van der Waals surface area (Å²) in [5.41, 5.74) is -0.763. The van der Waals surface area contributed by atoms with Crippen molar-refractivity contribution in [3.63, 3.8) is 0 Å². The fourth-order valence-corrected chi connectivity index (χ4v) is 2.33. The van der Waals surface area contributed by atoms with Crippen molar-refractivity contribution in [2.24, 2.45) is 5.92 Å². The Bertz CT molecular complexity index is 247. The summed E-state index contributed by atoms with van der Waals surface area (Å²) >= 11 is 0. The van der Waals surface area contributed by atoms with Gasteiger partial charge in [0.1, 0.15) is 0 Å². The van der Waals surface area contributed by atoms with Crippen LogP contribution in [0.4, 0.5) is 0 Å². The predicted molar refractivity (Wildman–Crippen MR) is 71.3 cm³/mol. The van der Waals surface area contributed by atoms with Gasteiger partial charge < -0.3 is 15.2 Å². The number of hydrogen-bond acceptors (Lipinski definition) is 3. The van der Waals surface area contributed by atoms with Crippen molar-refractivity contribution < 1.29 is 14.6 Å². The summed E-state index contributed by atoms with van der Waals surface area (Å²) in [7, 11) is 0. The van der Waals surface area contributed by atoms with Crippen LogP contribution in [0, 0.1) is 5.92 Å². The van der Waals surface area contributed by atoms with Gasteiger partial charge >= 0.3 is 0 Å². The molecule has 1 aliphatic rings. The molecule has 0 unspecified atom stereocenters. The summed E-state index contributed by atoms with van der Waals surface area (Å²) in [4.78, 5) is 11.7. The van der Waals surface area contributed by atoms with Crippen LogP contribution in [-0.4, -0.2) is 36.4 Å². The Kier molecular flexibility index (Phi) is 6.65. The molecule has 0 bridgehead atoms. The first kappa shape index (κ1) is 15.4. The summed E-state index contributed by atoms with van der Waals surface area (Å²) in [5.74, 6) is 0.455. The molecule has 0 saturated heterocycles. The van der Waals surface area contributed by atoms with Gasteiger partial charge in [-0.3, -0.25) is 4.79 Å². The van der Waals surface area contributed by atoms with Gasteiger partial charge in [0, 0.05) is 13.2 Å². The van der Waals surface area contributed by atoms with Gasteiger partial charge in [0.25, 0.3) is 0 Å². The average Bonchev–Trinajstić information content (AvgIpc) is 2.28. The van der Waals surface area contributed by atoms with E-state index < -0.39 is 5.60 Å². The number of nitrogens with one attached hydrogen (secondary N) is 1. The van der Waals surface area contributed by atoms with Crippen LogP contribution in [0.15, 0.2) is 0 Å². The molecule has 0 aromatic heterocycles. The van der Waals surface area contributed by atoms with Crippen molar-refractivity contribution >= 4 is 5.91 Å². The van der Waals surface area contributed by atoms with Crippen LogP contribution in [0.3, 0.4) is 0 Å². The minimum Gasteiger partial charge on any atom is -0.389 e. The normalized spacial score (nSPS) is 18.9. The van der Waals surface area contributed by atoms with Crippen molar-refractivity contribution in [3.8, 4) is 0 Å². The lowest BCUT2D eigenvalue weighted by Crippen LogP contribution is -2.39.